The van der Waals surface area contributed by atoms with Gasteiger partial charge in [-0.25, -0.2) is 0 Å². The van der Waals surface area contributed by atoms with Crippen LogP contribution in [0, 0.1) is 0 Å². The van der Waals surface area contributed by atoms with E-state index in [4.69, 9.17) is 0 Å². The second kappa shape index (κ2) is 5.99. The third kappa shape index (κ3) is 2.96. The Morgan fingerprint density at radius 1 is 1.41 bits per heavy atom. The van der Waals surface area contributed by atoms with Crippen molar-refractivity contribution in [3.05, 3.63) is 48.6 Å². The van der Waals surface area contributed by atoms with Crippen LogP contribution in [0.1, 0.15) is 24.9 Å². The lowest BCUT2D eigenvalue weighted by molar-refractivity contribution is 0.143. The molecule has 0 amide bonds. The van der Waals surface area contributed by atoms with Crippen LogP contribution < -0.4 is 5.32 Å². The van der Waals surface area contributed by atoms with E-state index in [0.717, 1.165) is 19.6 Å². The molecule has 1 aliphatic rings. The number of hydrogen-bond acceptors (Lipinski definition) is 2. The van der Waals surface area contributed by atoms with Crippen molar-refractivity contribution in [2.24, 2.45) is 0 Å². The van der Waals surface area contributed by atoms with Gasteiger partial charge in [-0.1, -0.05) is 43.3 Å². The van der Waals surface area contributed by atoms with E-state index < -0.39 is 0 Å². The summed E-state index contributed by atoms with van der Waals surface area (Å²) in [4.78, 5) is 2.52. The zero-order chi connectivity index (χ0) is 12.1. The number of rotatable bonds is 4. The molecule has 1 saturated heterocycles. The molecular weight excluding hydrogens is 208 g/mol. The van der Waals surface area contributed by atoms with Crippen LogP contribution in [0.2, 0.25) is 0 Å². The first-order chi connectivity index (χ1) is 8.35. The van der Waals surface area contributed by atoms with Gasteiger partial charge in [-0.15, -0.1) is 6.58 Å². The molecule has 92 valence electrons. The maximum absolute atomic E-state index is 3.87. The van der Waals surface area contributed by atoms with Crippen molar-refractivity contribution in [2.75, 3.05) is 19.6 Å². The molecular formula is C15H22N2. The molecule has 0 aliphatic carbocycles. The van der Waals surface area contributed by atoms with Gasteiger partial charge in [-0.3, -0.25) is 4.90 Å². The van der Waals surface area contributed by atoms with Gasteiger partial charge in [0, 0.05) is 31.7 Å². The van der Waals surface area contributed by atoms with Crippen molar-refractivity contribution in [2.45, 2.75) is 25.4 Å². The van der Waals surface area contributed by atoms with Crippen LogP contribution in [-0.4, -0.2) is 30.6 Å². The van der Waals surface area contributed by atoms with Gasteiger partial charge in [-0.2, -0.15) is 0 Å². The molecule has 2 nitrogen and oxygen atoms in total. The Bertz CT molecular complexity index is 347. The van der Waals surface area contributed by atoms with Crippen LogP contribution in [0.3, 0.4) is 0 Å². The number of benzene rings is 1. The van der Waals surface area contributed by atoms with Crippen LogP contribution in [0.5, 0.6) is 0 Å². The monoisotopic (exact) mass is 230 g/mol. The smallest absolute Gasteiger partial charge is 0.0476 e. The zero-order valence-corrected chi connectivity index (χ0v) is 10.6. The molecule has 17 heavy (non-hydrogen) atoms. The predicted molar refractivity (Wildman–Crippen MR) is 73.0 cm³/mol. The van der Waals surface area contributed by atoms with Gasteiger partial charge in [0.05, 0.1) is 0 Å². The minimum Gasteiger partial charge on any atom is -0.311 e. The highest BCUT2D eigenvalue weighted by atomic mass is 15.2. The standard InChI is InChI=1S/C15H22N2/c1-3-10-17-12-14(4-2)16-11-15(17)13-8-6-5-7-9-13/h3,5-9,14-16H,1,4,10-12H2,2H3. The molecule has 0 bridgehead atoms. The predicted octanol–water partition coefficient (Wildman–Crippen LogP) is 2.60. The second-order valence-corrected chi connectivity index (χ2v) is 4.68. The maximum atomic E-state index is 3.87. The summed E-state index contributed by atoms with van der Waals surface area (Å²) >= 11 is 0. The summed E-state index contributed by atoms with van der Waals surface area (Å²) in [5, 5.41) is 3.63. The van der Waals surface area contributed by atoms with E-state index >= 15 is 0 Å². The highest BCUT2D eigenvalue weighted by molar-refractivity contribution is 5.20. The summed E-state index contributed by atoms with van der Waals surface area (Å²) in [6.07, 6.45) is 3.20. The Morgan fingerprint density at radius 2 is 2.18 bits per heavy atom. The van der Waals surface area contributed by atoms with Gasteiger partial charge in [0.1, 0.15) is 0 Å². The molecule has 1 heterocycles. The first-order valence-corrected chi connectivity index (χ1v) is 6.48. The molecule has 0 radical (unpaired) electrons. The average Bonchev–Trinajstić information content (AvgIpc) is 2.40. The number of nitrogens with zero attached hydrogens (tertiary/aromatic N) is 1. The van der Waals surface area contributed by atoms with E-state index in [2.05, 4.69) is 54.1 Å². The Balaban J connectivity index is 2.12. The SMILES string of the molecule is C=CCN1CC(CC)NCC1c1ccccc1. The van der Waals surface area contributed by atoms with E-state index in [1.54, 1.807) is 0 Å². The molecule has 1 fully saturated rings. The number of hydrogen-bond donors (Lipinski definition) is 1. The summed E-state index contributed by atoms with van der Waals surface area (Å²) in [7, 11) is 0. The molecule has 2 unspecified atom stereocenters. The van der Waals surface area contributed by atoms with Crippen molar-refractivity contribution < 1.29 is 0 Å². The molecule has 1 aliphatic heterocycles. The molecule has 0 aromatic heterocycles. The summed E-state index contributed by atoms with van der Waals surface area (Å²) in [6, 6.07) is 11.9. The van der Waals surface area contributed by atoms with Crippen molar-refractivity contribution >= 4 is 0 Å². The lowest BCUT2D eigenvalue weighted by atomic mass is 10.00. The molecule has 1 N–H and O–H groups in total. The fraction of sp³-hybridized carbons (Fsp3) is 0.467. The largest absolute Gasteiger partial charge is 0.311 e. The second-order valence-electron chi connectivity index (χ2n) is 4.68. The normalized spacial score (nSPS) is 25.7. The Kier molecular flexibility index (Phi) is 4.35. The third-order valence-electron chi connectivity index (χ3n) is 3.54. The summed E-state index contributed by atoms with van der Waals surface area (Å²) in [5.41, 5.74) is 1.40. The molecule has 1 aromatic rings. The lowest BCUT2D eigenvalue weighted by Gasteiger charge is -2.40. The van der Waals surface area contributed by atoms with E-state index in [1.165, 1.54) is 12.0 Å². The van der Waals surface area contributed by atoms with Crippen LogP contribution in [0.25, 0.3) is 0 Å². The quantitative estimate of drug-likeness (QED) is 0.800. The van der Waals surface area contributed by atoms with Crippen molar-refractivity contribution in [3.63, 3.8) is 0 Å². The van der Waals surface area contributed by atoms with Crippen LogP contribution >= 0.6 is 0 Å². The van der Waals surface area contributed by atoms with Gasteiger partial charge < -0.3 is 5.32 Å². The Morgan fingerprint density at radius 3 is 2.82 bits per heavy atom. The molecule has 2 rings (SSSR count). The van der Waals surface area contributed by atoms with Gasteiger partial charge in [0.15, 0.2) is 0 Å². The Labute approximate surface area is 104 Å². The van der Waals surface area contributed by atoms with E-state index in [-0.39, 0.29) is 0 Å². The fourth-order valence-corrected chi connectivity index (χ4v) is 2.53. The number of piperazine rings is 1. The van der Waals surface area contributed by atoms with Gasteiger partial charge in [-0.05, 0) is 12.0 Å². The fourth-order valence-electron chi connectivity index (χ4n) is 2.53. The lowest BCUT2D eigenvalue weighted by Crippen LogP contribution is -2.51. The van der Waals surface area contributed by atoms with Crippen LogP contribution in [-0.2, 0) is 0 Å². The van der Waals surface area contributed by atoms with Gasteiger partial charge in [0.25, 0.3) is 0 Å². The summed E-state index contributed by atoms with van der Waals surface area (Å²) < 4.78 is 0. The highest BCUT2D eigenvalue weighted by Gasteiger charge is 2.26. The Hall–Kier alpha value is -1.12. The van der Waals surface area contributed by atoms with E-state index in [1.807, 2.05) is 6.08 Å². The summed E-state index contributed by atoms with van der Waals surface area (Å²) in [6.45, 7) is 9.24. The minimum absolute atomic E-state index is 0.483. The van der Waals surface area contributed by atoms with E-state index in [0.29, 0.717) is 12.1 Å². The minimum atomic E-state index is 0.483. The number of nitrogens with one attached hydrogen (secondary N) is 1. The van der Waals surface area contributed by atoms with Crippen molar-refractivity contribution in [1.29, 1.82) is 0 Å². The van der Waals surface area contributed by atoms with Crippen LogP contribution in [0.15, 0.2) is 43.0 Å². The van der Waals surface area contributed by atoms with Crippen molar-refractivity contribution in [1.82, 2.24) is 10.2 Å². The third-order valence-corrected chi connectivity index (χ3v) is 3.54. The molecule has 1 aromatic carbocycles. The average molecular weight is 230 g/mol. The molecule has 0 spiro atoms. The van der Waals surface area contributed by atoms with Gasteiger partial charge >= 0.3 is 0 Å². The molecule has 2 atom stereocenters. The van der Waals surface area contributed by atoms with E-state index in [9.17, 15) is 0 Å². The summed E-state index contributed by atoms with van der Waals surface area (Å²) in [5.74, 6) is 0. The van der Waals surface area contributed by atoms with Gasteiger partial charge in [0.2, 0.25) is 0 Å². The maximum Gasteiger partial charge on any atom is 0.0476 e. The topological polar surface area (TPSA) is 15.3 Å². The van der Waals surface area contributed by atoms with Crippen LogP contribution in [0.4, 0.5) is 0 Å². The highest BCUT2D eigenvalue weighted by Crippen LogP contribution is 2.23. The first-order valence-electron chi connectivity index (χ1n) is 6.48. The zero-order valence-electron chi connectivity index (χ0n) is 10.6. The first kappa shape index (κ1) is 12.3. The van der Waals surface area contributed by atoms with Crippen molar-refractivity contribution in [3.8, 4) is 0 Å². The molecule has 2 heteroatoms. The molecule has 0 saturated carbocycles.